The summed E-state index contributed by atoms with van der Waals surface area (Å²) in [5.41, 5.74) is 4.46. The first-order valence-electron chi connectivity index (χ1n) is 6.02. The molecule has 0 saturated heterocycles. The van der Waals surface area contributed by atoms with E-state index in [0.717, 1.165) is 12.1 Å². The standard InChI is InChI=1S/C13H18F2N2O2/c1-8(2)7-19-4-3-17-13(18)10-5-9(14)6-11(16)12(10)15/h5-6,8H,3-4,7,16H2,1-2H3,(H,17,18). The highest BCUT2D eigenvalue weighted by Gasteiger charge is 2.15. The lowest BCUT2D eigenvalue weighted by atomic mass is 10.1. The van der Waals surface area contributed by atoms with Gasteiger partial charge in [0.25, 0.3) is 5.91 Å². The molecule has 1 amide bonds. The van der Waals surface area contributed by atoms with Crippen LogP contribution in [0, 0.1) is 17.6 Å². The molecule has 0 aliphatic rings. The fourth-order valence-electron chi connectivity index (χ4n) is 1.43. The third-order valence-electron chi connectivity index (χ3n) is 2.29. The van der Waals surface area contributed by atoms with Crippen LogP contribution >= 0.6 is 0 Å². The van der Waals surface area contributed by atoms with E-state index in [9.17, 15) is 13.6 Å². The molecule has 1 aromatic carbocycles. The Morgan fingerprint density at radius 3 is 2.74 bits per heavy atom. The van der Waals surface area contributed by atoms with Crippen molar-refractivity contribution in [2.75, 3.05) is 25.5 Å². The minimum Gasteiger partial charge on any atom is -0.396 e. The smallest absolute Gasteiger partial charge is 0.254 e. The summed E-state index contributed by atoms with van der Waals surface area (Å²) < 4.78 is 31.8. The summed E-state index contributed by atoms with van der Waals surface area (Å²) in [5.74, 6) is -1.98. The molecule has 0 fully saturated rings. The Balaban J connectivity index is 2.50. The lowest BCUT2D eigenvalue weighted by Crippen LogP contribution is -2.28. The maximum Gasteiger partial charge on any atom is 0.254 e. The first-order valence-corrected chi connectivity index (χ1v) is 6.02. The summed E-state index contributed by atoms with van der Waals surface area (Å²) in [6, 6.07) is 1.65. The number of anilines is 1. The number of nitrogens with two attached hydrogens (primary N) is 1. The largest absolute Gasteiger partial charge is 0.396 e. The summed E-state index contributed by atoms with van der Waals surface area (Å²) in [4.78, 5) is 11.6. The Labute approximate surface area is 110 Å². The van der Waals surface area contributed by atoms with Crippen molar-refractivity contribution in [3.05, 3.63) is 29.3 Å². The van der Waals surface area contributed by atoms with Gasteiger partial charge < -0.3 is 15.8 Å². The normalized spacial score (nSPS) is 10.8. The number of amides is 1. The molecule has 19 heavy (non-hydrogen) atoms. The van der Waals surface area contributed by atoms with Crippen LogP contribution in [-0.4, -0.2) is 25.7 Å². The molecule has 0 aliphatic carbocycles. The molecule has 4 nitrogen and oxygen atoms in total. The van der Waals surface area contributed by atoms with Crippen LogP contribution in [0.1, 0.15) is 24.2 Å². The zero-order valence-electron chi connectivity index (χ0n) is 11.0. The molecule has 6 heteroatoms. The molecule has 1 rings (SSSR count). The molecule has 3 N–H and O–H groups in total. The zero-order chi connectivity index (χ0) is 14.4. The fraction of sp³-hybridized carbons (Fsp3) is 0.462. The van der Waals surface area contributed by atoms with Gasteiger partial charge in [-0.3, -0.25) is 4.79 Å². The Kier molecular flexibility index (Phi) is 5.69. The van der Waals surface area contributed by atoms with Crippen LogP contribution in [0.15, 0.2) is 12.1 Å². The number of ether oxygens (including phenoxy) is 1. The fourth-order valence-corrected chi connectivity index (χ4v) is 1.43. The second kappa shape index (κ2) is 7.04. The van der Waals surface area contributed by atoms with Gasteiger partial charge in [0, 0.05) is 13.2 Å². The quantitative estimate of drug-likeness (QED) is 0.614. The van der Waals surface area contributed by atoms with Crippen molar-refractivity contribution in [1.82, 2.24) is 5.32 Å². The summed E-state index contributed by atoms with van der Waals surface area (Å²) in [6.07, 6.45) is 0. The van der Waals surface area contributed by atoms with Crippen LogP contribution in [0.5, 0.6) is 0 Å². The molecule has 0 heterocycles. The minimum absolute atomic E-state index is 0.224. The number of hydrogen-bond acceptors (Lipinski definition) is 3. The van der Waals surface area contributed by atoms with E-state index in [1.165, 1.54) is 0 Å². The summed E-state index contributed by atoms with van der Waals surface area (Å²) in [5, 5.41) is 2.44. The molecular weight excluding hydrogens is 254 g/mol. The predicted octanol–water partition coefficient (Wildman–Crippen LogP) is 1.95. The van der Waals surface area contributed by atoms with E-state index in [-0.39, 0.29) is 12.2 Å². The number of halogens is 2. The third kappa shape index (κ3) is 4.82. The zero-order valence-corrected chi connectivity index (χ0v) is 11.0. The molecular formula is C13H18F2N2O2. The number of nitrogen functional groups attached to an aromatic ring is 1. The van der Waals surface area contributed by atoms with Crippen molar-refractivity contribution >= 4 is 11.6 Å². The molecule has 1 aromatic rings. The maximum atomic E-state index is 13.5. The van der Waals surface area contributed by atoms with Crippen LogP contribution in [0.25, 0.3) is 0 Å². The van der Waals surface area contributed by atoms with E-state index in [1.54, 1.807) is 0 Å². The monoisotopic (exact) mass is 272 g/mol. The van der Waals surface area contributed by atoms with Gasteiger partial charge in [-0.2, -0.15) is 0 Å². The van der Waals surface area contributed by atoms with E-state index in [0.29, 0.717) is 19.1 Å². The first-order chi connectivity index (χ1) is 8.91. The van der Waals surface area contributed by atoms with Gasteiger partial charge in [0.1, 0.15) is 5.82 Å². The van der Waals surface area contributed by atoms with Crippen molar-refractivity contribution in [2.45, 2.75) is 13.8 Å². The van der Waals surface area contributed by atoms with E-state index in [2.05, 4.69) is 5.32 Å². The highest BCUT2D eigenvalue weighted by atomic mass is 19.1. The van der Waals surface area contributed by atoms with E-state index in [4.69, 9.17) is 10.5 Å². The third-order valence-corrected chi connectivity index (χ3v) is 2.29. The molecule has 0 atom stereocenters. The van der Waals surface area contributed by atoms with Gasteiger partial charge in [0.15, 0.2) is 5.82 Å². The maximum absolute atomic E-state index is 13.5. The number of rotatable bonds is 6. The van der Waals surface area contributed by atoms with Crippen LogP contribution in [-0.2, 0) is 4.74 Å². The molecule has 0 bridgehead atoms. The van der Waals surface area contributed by atoms with Gasteiger partial charge >= 0.3 is 0 Å². The number of carbonyl (C=O) groups excluding carboxylic acids is 1. The predicted molar refractivity (Wildman–Crippen MR) is 68.8 cm³/mol. The topological polar surface area (TPSA) is 64.3 Å². The number of nitrogens with one attached hydrogen (secondary N) is 1. The number of carbonyl (C=O) groups is 1. The highest BCUT2D eigenvalue weighted by molar-refractivity contribution is 5.95. The summed E-state index contributed by atoms with van der Waals surface area (Å²) >= 11 is 0. The highest BCUT2D eigenvalue weighted by Crippen LogP contribution is 2.17. The van der Waals surface area contributed by atoms with E-state index < -0.39 is 23.1 Å². The average molecular weight is 272 g/mol. The SMILES string of the molecule is CC(C)COCCNC(=O)c1cc(F)cc(N)c1F. The number of benzene rings is 1. The molecule has 106 valence electrons. The lowest BCUT2D eigenvalue weighted by Gasteiger charge is -2.09. The average Bonchev–Trinajstić information content (AvgIpc) is 2.32. The van der Waals surface area contributed by atoms with Gasteiger partial charge in [0.05, 0.1) is 17.9 Å². The minimum atomic E-state index is -0.915. The Hall–Kier alpha value is -1.69. The molecule has 0 saturated carbocycles. The molecule has 0 aromatic heterocycles. The van der Waals surface area contributed by atoms with Gasteiger partial charge in [-0.1, -0.05) is 13.8 Å². The van der Waals surface area contributed by atoms with Crippen LogP contribution < -0.4 is 11.1 Å². The second-order valence-electron chi connectivity index (χ2n) is 4.58. The summed E-state index contributed by atoms with van der Waals surface area (Å²) in [6.45, 7) is 5.13. The van der Waals surface area contributed by atoms with Crippen molar-refractivity contribution in [1.29, 1.82) is 0 Å². The van der Waals surface area contributed by atoms with Gasteiger partial charge in [0.2, 0.25) is 0 Å². The lowest BCUT2D eigenvalue weighted by molar-refractivity contribution is 0.0882. The van der Waals surface area contributed by atoms with Crippen LogP contribution in [0.3, 0.4) is 0 Å². The Morgan fingerprint density at radius 2 is 2.11 bits per heavy atom. The van der Waals surface area contributed by atoms with E-state index in [1.807, 2.05) is 13.8 Å². The van der Waals surface area contributed by atoms with Gasteiger partial charge in [-0.25, -0.2) is 8.78 Å². The molecule has 0 unspecified atom stereocenters. The van der Waals surface area contributed by atoms with Crippen LogP contribution in [0.2, 0.25) is 0 Å². The van der Waals surface area contributed by atoms with Crippen molar-refractivity contribution in [2.24, 2.45) is 5.92 Å². The first kappa shape index (κ1) is 15.4. The number of hydrogen-bond donors (Lipinski definition) is 2. The van der Waals surface area contributed by atoms with E-state index >= 15 is 0 Å². The molecule has 0 aliphatic heterocycles. The van der Waals surface area contributed by atoms with Crippen molar-refractivity contribution in [3.63, 3.8) is 0 Å². The van der Waals surface area contributed by atoms with Gasteiger partial charge in [-0.05, 0) is 18.1 Å². The second-order valence-corrected chi connectivity index (χ2v) is 4.58. The summed E-state index contributed by atoms with van der Waals surface area (Å²) in [7, 11) is 0. The van der Waals surface area contributed by atoms with Crippen LogP contribution in [0.4, 0.5) is 14.5 Å². The van der Waals surface area contributed by atoms with Gasteiger partial charge in [-0.15, -0.1) is 0 Å². The van der Waals surface area contributed by atoms with Crippen molar-refractivity contribution in [3.8, 4) is 0 Å². The molecule has 0 spiro atoms. The van der Waals surface area contributed by atoms with Crippen molar-refractivity contribution < 1.29 is 18.3 Å². The molecule has 0 radical (unpaired) electrons. The Morgan fingerprint density at radius 1 is 1.42 bits per heavy atom. The Bertz CT molecular complexity index is 451.